The first-order chi connectivity index (χ1) is 13.3. The summed E-state index contributed by atoms with van der Waals surface area (Å²) in [6, 6.07) is 14.8. The second kappa shape index (κ2) is 8.17. The molecule has 0 saturated carbocycles. The van der Waals surface area contributed by atoms with Gasteiger partial charge < -0.3 is 4.90 Å². The van der Waals surface area contributed by atoms with E-state index < -0.39 is 0 Å². The van der Waals surface area contributed by atoms with Crippen LogP contribution < -0.4 is 4.90 Å². The van der Waals surface area contributed by atoms with E-state index in [2.05, 4.69) is 58.6 Å². The van der Waals surface area contributed by atoms with Crippen LogP contribution in [0.4, 0.5) is 5.69 Å². The fourth-order valence-electron chi connectivity index (χ4n) is 3.82. The molecule has 5 heteroatoms. The summed E-state index contributed by atoms with van der Waals surface area (Å²) in [5.41, 5.74) is 5.29. The minimum atomic E-state index is 0.912. The largest absolute Gasteiger partial charge is 0.372 e. The molecule has 140 valence electrons. The molecule has 0 spiro atoms. The van der Waals surface area contributed by atoms with E-state index in [0.29, 0.717) is 0 Å². The van der Waals surface area contributed by atoms with E-state index in [9.17, 15) is 0 Å². The van der Waals surface area contributed by atoms with Crippen molar-refractivity contribution in [3.05, 3.63) is 65.6 Å². The minimum absolute atomic E-state index is 0.912. The molecule has 1 aliphatic rings. The van der Waals surface area contributed by atoms with Crippen LogP contribution in [0.1, 0.15) is 37.2 Å². The lowest BCUT2D eigenvalue weighted by atomic mass is 10.2. The van der Waals surface area contributed by atoms with Crippen molar-refractivity contribution in [2.24, 2.45) is 0 Å². The number of anilines is 1. The van der Waals surface area contributed by atoms with Gasteiger partial charge in [-0.1, -0.05) is 36.0 Å². The number of pyridine rings is 1. The van der Waals surface area contributed by atoms with Gasteiger partial charge in [0, 0.05) is 36.4 Å². The zero-order valence-corrected chi connectivity index (χ0v) is 16.9. The number of aromatic nitrogens is 3. The monoisotopic (exact) mass is 378 g/mol. The zero-order valence-electron chi connectivity index (χ0n) is 16.1. The van der Waals surface area contributed by atoms with E-state index in [4.69, 9.17) is 4.98 Å². The number of aryl methyl sites for hydroxylation is 1. The Labute approximate surface area is 165 Å². The standard InChI is InChI=1S/C22H26N4S/c1-3-25(4-2)19-12-6-5-10-17(19)16-27-22-24-18-11-9-13-20(18)26(22)21-14-7-8-15-23-21/h5-8,10,12,14-15H,3-4,9,11,13,16H2,1-2H3. The predicted molar refractivity (Wildman–Crippen MR) is 113 cm³/mol. The van der Waals surface area contributed by atoms with Crippen molar-refractivity contribution in [2.75, 3.05) is 18.0 Å². The SMILES string of the molecule is CCN(CC)c1ccccc1CSc1nc2c(n1-c1ccccn1)CCC2. The summed E-state index contributed by atoms with van der Waals surface area (Å²) in [6.07, 6.45) is 5.23. The summed E-state index contributed by atoms with van der Waals surface area (Å²) in [5, 5.41) is 1.06. The summed E-state index contributed by atoms with van der Waals surface area (Å²) < 4.78 is 2.27. The van der Waals surface area contributed by atoms with E-state index in [0.717, 1.165) is 42.7 Å². The van der Waals surface area contributed by atoms with E-state index in [1.165, 1.54) is 29.1 Å². The van der Waals surface area contributed by atoms with Crippen LogP contribution in [0.25, 0.3) is 5.82 Å². The molecule has 3 aromatic rings. The second-order valence-corrected chi connectivity index (χ2v) is 7.70. The van der Waals surface area contributed by atoms with Crippen LogP contribution in [0.15, 0.2) is 53.8 Å². The molecule has 1 aliphatic carbocycles. The zero-order chi connectivity index (χ0) is 18.6. The van der Waals surface area contributed by atoms with Gasteiger partial charge in [-0.3, -0.25) is 4.57 Å². The molecule has 0 unspecified atom stereocenters. The normalized spacial score (nSPS) is 13.0. The summed E-state index contributed by atoms with van der Waals surface area (Å²) in [5.74, 6) is 1.89. The number of nitrogens with zero attached hydrogens (tertiary/aromatic N) is 4. The Bertz CT molecular complexity index is 900. The number of para-hydroxylation sites is 1. The number of thioether (sulfide) groups is 1. The third-order valence-corrected chi connectivity index (χ3v) is 6.17. The summed E-state index contributed by atoms with van der Waals surface area (Å²) in [6.45, 7) is 6.47. The summed E-state index contributed by atoms with van der Waals surface area (Å²) in [7, 11) is 0. The molecular formula is C22H26N4S. The van der Waals surface area contributed by atoms with Crippen molar-refractivity contribution in [2.45, 2.75) is 44.0 Å². The Hall–Kier alpha value is -2.27. The molecule has 4 nitrogen and oxygen atoms in total. The number of benzene rings is 1. The highest BCUT2D eigenvalue weighted by Gasteiger charge is 2.23. The highest BCUT2D eigenvalue weighted by atomic mass is 32.2. The average molecular weight is 379 g/mol. The summed E-state index contributed by atoms with van der Waals surface area (Å²) >= 11 is 1.82. The Morgan fingerprint density at radius 1 is 1.04 bits per heavy atom. The van der Waals surface area contributed by atoms with Crippen LogP contribution in [-0.4, -0.2) is 27.6 Å². The third kappa shape index (κ3) is 3.61. The first-order valence-electron chi connectivity index (χ1n) is 9.79. The predicted octanol–water partition coefficient (Wildman–Crippen LogP) is 4.89. The lowest BCUT2D eigenvalue weighted by molar-refractivity contribution is 0.770. The van der Waals surface area contributed by atoms with E-state index >= 15 is 0 Å². The number of hydrogen-bond donors (Lipinski definition) is 0. The van der Waals surface area contributed by atoms with Crippen LogP contribution in [0.5, 0.6) is 0 Å². The van der Waals surface area contributed by atoms with Crippen molar-refractivity contribution >= 4 is 17.4 Å². The molecule has 0 fully saturated rings. The Morgan fingerprint density at radius 2 is 1.85 bits per heavy atom. The van der Waals surface area contributed by atoms with Crippen LogP contribution in [0.3, 0.4) is 0 Å². The van der Waals surface area contributed by atoms with Gasteiger partial charge in [0.1, 0.15) is 5.82 Å². The Kier molecular flexibility index (Phi) is 5.48. The van der Waals surface area contributed by atoms with Gasteiger partial charge in [-0.05, 0) is 56.9 Å². The summed E-state index contributed by atoms with van der Waals surface area (Å²) in [4.78, 5) is 12.0. The Balaban J connectivity index is 1.64. The molecule has 0 saturated heterocycles. The maximum absolute atomic E-state index is 4.97. The lowest BCUT2D eigenvalue weighted by Gasteiger charge is -2.24. The fourth-order valence-corrected chi connectivity index (χ4v) is 4.86. The van der Waals surface area contributed by atoms with Crippen LogP contribution in [-0.2, 0) is 18.6 Å². The van der Waals surface area contributed by atoms with Crippen molar-refractivity contribution < 1.29 is 0 Å². The maximum atomic E-state index is 4.97. The topological polar surface area (TPSA) is 34.0 Å². The molecular weight excluding hydrogens is 352 g/mol. The molecule has 0 aliphatic heterocycles. The second-order valence-electron chi connectivity index (χ2n) is 6.75. The molecule has 0 atom stereocenters. The maximum Gasteiger partial charge on any atom is 0.174 e. The van der Waals surface area contributed by atoms with Crippen LogP contribution >= 0.6 is 11.8 Å². The highest BCUT2D eigenvalue weighted by molar-refractivity contribution is 7.98. The van der Waals surface area contributed by atoms with Crippen molar-refractivity contribution in [1.29, 1.82) is 0 Å². The van der Waals surface area contributed by atoms with Crippen molar-refractivity contribution in [1.82, 2.24) is 14.5 Å². The number of hydrogen-bond acceptors (Lipinski definition) is 4. The smallest absolute Gasteiger partial charge is 0.174 e. The molecule has 2 aromatic heterocycles. The van der Waals surface area contributed by atoms with Gasteiger partial charge in [0.25, 0.3) is 0 Å². The minimum Gasteiger partial charge on any atom is -0.372 e. The van der Waals surface area contributed by atoms with Gasteiger partial charge in [-0.25, -0.2) is 9.97 Å². The Morgan fingerprint density at radius 3 is 2.63 bits per heavy atom. The number of fused-ring (bicyclic) bond motifs is 1. The average Bonchev–Trinajstić information content (AvgIpc) is 3.29. The molecule has 0 amide bonds. The molecule has 0 radical (unpaired) electrons. The number of imidazole rings is 1. The molecule has 1 aromatic carbocycles. The molecule has 4 rings (SSSR count). The lowest BCUT2D eigenvalue weighted by Crippen LogP contribution is -2.22. The van der Waals surface area contributed by atoms with E-state index in [-0.39, 0.29) is 0 Å². The van der Waals surface area contributed by atoms with Crippen LogP contribution in [0.2, 0.25) is 0 Å². The molecule has 2 heterocycles. The van der Waals surface area contributed by atoms with E-state index in [1.807, 2.05) is 30.1 Å². The van der Waals surface area contributed by atoms with Crippen LogP contribution in [0, 0.1) is 0 Å². The molecule has 0 bridgehead atoms. The first-order valence-corrected chi connectivity index (χ1v) is 10.8. The van der Waals surface area contributed by atoms with Gasteiger partial charge in [-0.2, -0.15) is 0 Å². The van der Waals surface area contributed by atoms with Gasteiger partial charge in [0.05, 0.1) is 5.69 Å². The third-order valence-electron chi connectivity index (χ3n) is 5.18. The van der Waals surface area contributed by atoms with Gasteiger partial charge >= 0.3 is 0 Å². The quantitative estimate of drug-likeness (QED) is 0.548. The first kappa shape index (κ1) is 18.1. The molecule has 0 N–H and O–H groups in total. The van der Waals surface area contributed by atoms with Gasteiger partial charge in [0.15, 0.2) is 5.16 Å². The highest BCUT2D eigenvalue weighted by Crippen LogP contribution is 2.33. The van der Waals surface area contributed by atoms with Gasteiger partial charge in [-0.15, -0.1) is 0 Å². The molecule has 27 heavy (non-hydrogen) atoms. The number of rotatable bonds is 7. The van der Waals surface area contributed by atoms with Crippen molar-refractivity contribution in [3.8, 4) is 5.82 Å². The van der Waals surface area contributed by atoms with Gasteiger partial charge in [0.2, 0.25) is 0 Å². The van der Waals surface area contributed by atoms with E-state index in [1.54, 1.807) is 0 Å². The van der Waals surface area contributed by atoms with Crippen molar-refractivity contribution in [3.63, 3.8) is 0 Å². The fraction of sp³-hybridized carbons (Fsp3) is 0.364.